The molecular formula is C24H38N4O3. The van der Waals surface area contributed by atoms with Crippen LogP contribution < -0.4 is 11.3 Å². The maximum atomic E-state index is 13.2. The van der Waals surface area contributed by atoms with Crippen molar-refractivity contribution >= 4 is 16.8 Å². The summed E-state index contributed by atoms with van der Waals surface area (Å²) in [5, 5.41) is 0.580. The van der Waals surface area contributed by atoms with E-state index < -0.39 is 0 Å². The second kappa shape index (κ2) is 12.6. The summed E-state index contributed by atoms with van der Waals surface area (Å²) in [4.78, 5) is 33.1. The smallest absolute Gasteiger partial charge is 0.261 e. The van der Waals surface area contributed by atoms with Crippen LogP contribution >= 0.6 is 0 Å². The topological polar surface area (TPSA) is 90.4 Å². The quantitative estimate of drug-likeness (QED) is 0.491. The standard InChI is InChI=1S/C24H38N4O3/c1-18(2)17-22(29)27(14-10-6-5-9-13-25)19(3)23-26-21-12-8-7-11-20(21)24(30)28(23)15-16-31-4/h7-8,11-12,18-19H,5-6,9-10,13-17,25H2,1-4H3/t19-/m1/s1. The van der Waals surface area contributed by atoms with Gasteiger partial charge in [-0.15, -0.1) is 0 Å². The van der Waals surface area contributed by atoms with Gasteiger partial charge in [-0.05, 0) is 44.4 Å². The highest BCUT2D eigenvalue weighted by Gasteiger charge is 2.26. The molecule has 2 N–H and O–H groups in total. The Balaban J connectivity index is 2.41. The maximum absolute atomic E-state index is 13.2. The van der Waals surface area contributed by atoms with E-state index in [1.165, 1.54) is 0 Å². The molecule has 0 bridgehead atoms. The molecule has 7 heteroatoms. The molecule has 2 aromatic rings. The predicted molar refractivity (Wildman–Crippen MR) is 125 cm³/mol. The zero-order valence-corrected chi connectivity index (χ0v) is 19.5. The number of hydrogen-bond donors (Lipinski definition) is 1. The van der Waals surface area contributed by atoms with Gasteiger partial charge in [0, 0.05) is 20.1 Å². The molecule has 0 radical (unpaired) electrons. The lowest BCUT2D eigenvalue weighted by molar-refractivity contribution is -0.134. The number of nitrogens with two attached hydrogens (primary N) is 1. The van der Waals surface area contributed by atoms with Gasteiger partial charge in [-0.1, -0.05) is 38.8 Å². The first-order chi connectivity index (χ1) is 14.9. The van der Waals surface area contributed by atoms with Gasteiger partial charge >= 0.3 is 0 Å². The third-order valence-electron chi connectivity index (χ3n) is 5.51. The number of amides is 1. The number of hydrogen-bond acceptors (Lipinski definition) is 5. The van der Waals surface area contributed by atoms with Crippen LogP contribution in [0.4, 0.5) is 0 Å². The van der Waals surface area contributed by atoms with Crippen molar-refractivity contribution in [2.24, 2.45) is 11.7 Å². The molecule has 0 saturated carbocycles. The summed E-state index contributed by atoms with van der Waals surface area (Å²) in [6, 6.07) is 7.05. The van der Waals surface area contributed by atoms with Crippen molar-refractivity contribution in [1.82, 2.24) is 14.5 Å². The summed E-state index contributed by atoms with van der Waals surface area (Å²) >= 11 is 0. The first-order valence-electron chi connectivity index (χ1n) is 11.4. The number of carbonyl (C=O) groups excluding carboxylic acids is 1. The number of para-hydroxylation sites is 1. The third-order valence-corrected chi connectivity index (χ3v) is 5.51. The van der Waals surface area contributed by atoms with Crippen LogP contribution in [-0.4, -0.2) is 47.2 Å². The number of aromatic nitrogens is 2. The number of carbonyl (C=O) groups is 1. The zero-order valence-electron chi connectivity index (χ0n) is 19.5. The molecule has 1 amide bonds. The lowest BCUT2D eigenvalue weighted by Crippen LogP contribution is -2.39. The van der Waals surface area contributed by atoms with Crippen LogP contribution in [0.5, 0.6) is 0 Å². The molecule has 0 spiro atoms. The fourth-order valence-electron chi connectivity index (χ4n) is 3.82. The normalized spacial score (nSPS) is 12.5. The second-order valence-corrected chi connectivity index (χ2v) is 8.50. The highest BCUT2D eigenvalue weighted by molar-refractivity contribution is 5.78. The van der Waals surface area contributed by atoms with Gasteiger partial charge in [-0.25, -0.2) is 4.98 Å². The van der Waals surface area contributed by atoms with Gasteiger partial charge in [-0.2, -0.15) is 0 Å². The van der Waals surface area contributed by atoms with Gasteiger partial charge in [0.15, 0.2) is 0 Å². The highest BCUT2D eigenvalue weighted by atomic mass is 16.5. The van der Waals surface area contributed by atoms with Crippen molar-refractivity contribution in [2.75, 3.05) is 26.8 Å². The number of benzene rings is 1. The van der Waals surface area contributed by atoms with Crippen LogP contribution in [0.15, 0.2) is 29.1 Å². The molecule has 2 rings (SSSR count). The van der Waals surface area contributed by atoms with Crippen molar-refractivity contribution in [3.05, 3.63) is 40.4 Å². The predicted octanol–water partition coefficient (Wildman–Crippen LogP) is 3.50. The molecule has 0 aliphatic heterocycles. The lowest BCUT2D eigenvalue weighted by Gasteiger charge is -2.31. The van der Waals surface area contributed by atoms with E-state index in [-0.39, 0.29) is 23.4 Å². The van der Waals surface area contributed by atoms with Crippen molar-refractivity contribution in [1.29, 1.82) is 0 Å². The summed E-state index contributed by atoms with van der Waals surface area (Å²) in [5.41, 5.74) is 6.16. The third kappa shape index (κ3) is 6.87. The molecule has 0 aliphatic rings. The fraction of sp³-hybridized carbons (Fsp3) is 0.625. The molecule has 1 heterocycles. The van der Waals surface area contributed by atoms with E-state index in [1.807, 2.05) is 43.9 Å². The largest absolute Gasteiger partial charge is 0.383 e. The number of fused-ring (bicyclic) bond motifs is 1. The average Bonchev–Trinajstić information content (AvgIpc) is 2.74. The Bertz CT molecular complexity index is 894. The Morgan fingerprint density at radius 1 is 1.16 bits per heavy atom. The number of methoxy groups -OCH3 is 1. The van der Waals surface area contributed by atoms with E-state index >= 15 is 0 Å². The maximum Gasteiger partial charge on any atom is 0.261 e. The van der Waals surface area contributed by atoms with Crippen LogP contribution in [0.1, 0.15) is 64.7 Å². The van der Waals surface area contributed by atoms with E-state index in [0.717, 1.165) is 25.7 Å². The first-order valence-corrected chi connectivity index (χ1v) is 11.4. The SMILES string of the molecule is COCCn1c([C@@H](C)N(CCCCCCN)C(=O)CC(C)C)nc2ccccc2c1=O. The minimum atomic E-state index is -0.310. The van der Waals surface area contributed by atoms with Gasteiger partial charge in [0.2, 0.25) is 5.91 Å². The number of unbranched alkanes of at least 4 members (excludes halogenated alkanes) is 3. The zero-order chi connectivity index (χ0) is 22.8. The summed E-state index contributed by atoms with van der Waals surface area (Å²) in [6.07, 6.45) is 4.46. The molecule has 0 fully saturated rings. The minimum absolute atomic E-state index is 0.0938. The van der Waals surface area contributed by atoms with E-state index in [1.54, 1.807) is 17.7 Å². The summed E-state index contributed by atoms with van der Waals surface area (Å²) in [5.74, 6) is 0.974. The Hall–Kier alpha value is -2.25. The lowest BCUT2D eigenvalue weighted by atomic mass is 10.1. The number of ether oxygens (including phenoxy) is 1. The van der Waals surface area contributed by atoms with Crippen LogP contribution in [0.3, 0.4) is 0 Å². The molecule has 7 nitrogen and oxygen atoms in total. The van der Waals surface area contributed by atoms with Gasteiger partial charge in [0.05, 0.1) is 30.1 Å². The monoisotopic (exact) mass is 430 g/mol. The molecular weight excluding hydrogens is 392 g/mol. The van der Waals surface area contributed by atoms with Crippen LogP contribution in [-0.2, 0) is 16.1 Å². The van der Waals surface area contributed by atoms with Gasteiger partial charge in [0.25, 0.3) is 5.56 Å². The van der Waals surface area contributed by atoms with E-state index in [2.05, 4.69) is 0 Å². The molecule has 0 saturated heterocycles. The van der Waals surface area contributed by atoms with Crippen molar-refractivity contribution in [3.63, 3.8) is 0 Å². The Morgan fingerprint density at radius 2 is 1.87 bits per heavy atom. The van der Waals surface area contributed by atoms with Gasteiger partial charge in [0.1, 0.15) is 5.82 Å². The molecule has 31 heavy (non-hydrogen) atoms. The highest BCUT2D eigenvalue weighted by Crippen LogP contribution is 2.23. The average molecular weight is 431 g/mol. The number of rotatable bonds is 13. The second-order valence-electron chi connectivity index (χ2n) is 8.50. The molecule has 1 aromatic carbocycles. The van der Waals surface area contributed by atoms with Crippen molar-refractivity contribution < 1.29 is 9.53 Å². The van der Waals surface area contributed by atoms with E-state index in [4.69, 9.17) is 15.5 Å². The van der Waals surface area contributed by atoms with E-state index in [0.29, 0.717) is 49.4 Å². The van der Waals surface area contributed by atoms with Crippen molar-refractivity contribution in [3.8, 4) is 0 Å². The Morgan fingerprint density at radius 3 is 2.55 bits per heavy atom. The van der Waals surface area contributed by atoms with Gasteiger partial charge < -0.3 is 15.4 Å². The van der Waals surface area contributed by atoms with Crippen molar-refractivity contribution in [2.45, 2.75) is 65.5 Å². The molecule has 0 aliphatic carbocycles. The van der Waals surface area contributed by atoms with Crippen LogP contribution in [0.2, 0.25) is 0 Å². The molecule has 0 unspecified atom stereocenters. The number of nitrogens with zero attached hydrogens (tertiary/aromatic N) is 3. The summed E-state index contributed by atoms with van der Waals surface area (Å²) in [7, 11) is 1.61. The van der Waals surface area contributed by atoms with Gasteiger partial charge in [-0.3, -0.25) is 14.2 Å². The van der Waals surface area contributed by atoms with Crippen LogP contribution in [0.25, 0.3) is 10.9 Å². The molecule has 1 atom stereocenters. The Labute approximate surface area is 185 Å². The van der Waals surface area contributed by atoms with E-state index in [9.17, 15) is 9.59 Å². The molecule has 172 valence electrons. The summed E-state index contributed by atoms with van der Waals surface area (Å²) in [6.45, 7) is 8.20. The minimum Gasteiger partial charge on any atom is -0.383 e. The molecule has 1 aromatic heterocycles. The first kappa shape index (κ1) is 25.0. The Kier molecular flexibility index (Phi) is 10.1. The summed E-state index contributed by atoms with van der Waals surface area (Å²) < 4.78 is 6.90. The fourth-order valence-corrected chi connectivity index (χ4v) is 3.82. The van der Waals surface area contributed by atoms with Crippen LogP contribution in [0, 0.1) is 5.92 Å².